The Morgan fingerprint density at radius 2 is 2.17 bits per heavy atom. The van der Waals surface area contributed by atoms with E-state index in [0.29, 0.717) is 5.91 Å². The summed E-state index contributed by atoms with van der Waals surface area (Å²) >= 11 is 1.75. The van der Waals surface area contributed by atoms with E-state index < -0.39 is 0 Å². The average Bonchev–Trinajstić information content (AvgIpc) is 3.08. The van der Waals surface area contributed by atoms with E-state index in [2.05, 4.69) is 34.3 Å². The van der Waals surface area contributed by atoms with Crippen LogP contribution in [0.1, 0.15) is 32.6 Å². The van der Waals surface area contributed by atoms with Gasteiger partial charge in [-0.1, -0.05) is 13.3 Å². The third-order valence-electron chi connectivity index (χ3n) is 4.73. The van der Waals surface area contributed by atoms with Gasteiger partial charge in [-0.15, -0.1) is 11.3 Å². The number of hydrogen-bond donors (Lipinski definition) is 0. The number of carbonyl (C=O) groups excluding carboxylic acids is 1. The van der Waals surface area contributed by atoms with Crippen LogP contribution in [0.4, 0.5) is 5.69 Å². The number of rotatable bonds is 5. The molecule has 2 aromatic heterocycles. The molecule has 0 bridgehead atoms. The molecule has 23 heavy (non-hydrogen) atoms. The number of thiophene rings is 1. The van der Waals surface area contributed by atoms with Gasteiger partial charge in [0, 0.05) is 38.8 Å². The molecule has 0 unspecified atom stereocenters. The van der Waals surface area contributed by atoms with Crippen molar-refractivity contribution in [2.45, 2.75) is 32.6 Å². The van der Waals surface area contributed by atoms with E-state index in [9.17, 15) is 4.79 Å². The van der Waals surface area contributed by atoms with E-state index >= 15 is 0 Å². The van der Waals surface area contributed by atoms with Crippen LogP contribution in [0, 0.1) is 5.92 Å². The lowest BCUT2D eigenvalue weighted by atomic mass is 9.95. The summed E-state index contributed by atoms with van der Waals surface area (Å²) in [5, 5.41) is 2.10. The number of unbranched alkanes of at least 4 members (excludes halogenated alkanes) is 1. The maximum absolute atomic E-state index is 12.5. The zero-order valence-electron chi connectivity index (χ0n) is 14.0. The second kappa shape index (κ2) is 7.30. The molecular weight excluding hydrogens is 306 g/mol. The molecule has 0 atom stereocenters. The summed E-state index contributed by atoms with van der Waals surface area (Å²) in [6.45, 7) is 4.95. The minimum absolute atomic E-state index is 0.189. The van der Waals surface area contributed by atoms with Crippen LogP contribution in [0.25, 0.3) is 10.2 Å². The van der Waals surface area contributed by atoms with E-state index in [1.54, 1.807) is 11.3 Å². The highest BCUT2D eigenvalue weighted by molar-refractivity contribution is 7.17. The van der Waals surface area contributed by atoms with E-state index in [1.165, 1.54) is 10.4 Å². The second-order valence-electron chi connectivity index (χ2n) is 6.34. The van der Waals surface area contributed by atoms with Crippen molar-refractivity contribution >= 4 is 33.1 Å². The molecule has 1 saturated heterocycles. The zero-order chi connectivity index (χ0) is 16.2. The number of amides is 1. The third-order valence-corrected chi connectivity index (χ3v) is 5.66. The van der Waals surface area contributed by atoms with Crippen LogP contribution in [0.2, 0.25) is 0 Å². The van der Waals surface area contributed by atoms with Crippen LogP contribution in [-0.2, 0) is 4.79 Å². The highest BCUT2D eigenvalue weighted by Crippen LogP contribution is 2.32. The Balaban J connectivity index is 1.62. The van der Waals surface area contributed by atoms with E-state index in [4.69, 9.17) is 0 Å². The molecule has 2 aromatic rings. The number of hydrogen-bond acceptors (Lipinski definition) is 4. The van der Waals surface area contributed by atoms with Gasteiger partial charge >= 0.3 is 0 Å². The third kappa shape index (κ3) is 3.50. The molecule has 0 radical (unpaired) electrons. The molecule has 0 saturated carbocycles. The number of anilines is 1. The number of pyridine rings is 1. The van der Waals surface area contributed by atoms with Crippen molar-refractivity contribution in [2.24, 2.45) is 5.92 Å². The van der Waals surface area contributed by atoms with Gasteiger partial charge in [0.2, 0.25) is 5.91 Å². The number of fused-ring (bicyclic) bond motifs is 1. The minimum atomic E-state index is 0.189. The summed E-state index contributed by atoms with van der Waals surface area (Å²) in [6.07, 6.45) is 6.01. The Labute approximate surface area is 142 Å². The molecule has 1 amide bonds. The Bertz CT molecular complexity index is 661. The van der Waals surface area contributed by atoms with Crippen molar-refractivity contribution in [1.82, 2.24) is 9.88 Å². The van der Waals surface area contributed by atoms with E-state index in [0.717, 1.165) is 50.8 Å². The summed E-state index contributed by atoms with van der Waals surface area (Å²) in [4.78, 5) is 21.3. The first-order valence-corrected chi connectivity index (χ1v) is 9.40. The number of piperidine rings is 1. The fraction of sp³-hybridized carbons (Fsp3) is 0.556. The summed E-state index contributed by atoms with van der Waals surface area (Å²) in [5.74, 6) is 0.517. The lowest BCUT2D eigenvalue weighted by molar-refractivity contribution is -0.134. The van der Waals surface area contributed by atoms with Crippen molar-refractivity contribution in [3.05, 3.63) is 23.7 Å². The van der Waals surface area contributed by atoms with Crippen molar-refractivity contribution in [3.63, 3.8) is 0 Å². The first-order valence-electron chi connectivity index (χ1n) is 8.53. The van der Waals surface area contributed by atoms with E-state index in [-0.39, 0.29) is 5.92 Å². The van der Waals surface area contributed by atoms with Crippen LogP contribution in [0.15, 0.2) is 23.7 Å². The molecule has 124 valence electrons. The van der Waals surface area contributed by atoms with Gasteiger partial charge in [0.05, 0.1) is 15.9 Å². The second-order valence-corrected chi connectivity index (χ2v) is 7.26. The monoisotopic (exact) mass is 331 g/mol. The Morgan fingerprint density at radius 3 is 2.91 bits per heavy atom. The van der Waals surface area contributed by atoms with Crippen LogP contribution in [0.5, 0.6) is 0 Å². The maximum atomic E-state index is 12.5. The Morgan fingerprint density at radius 1 is 1.39 bits per heavy atom. The van der Waals surface area contributed by atoms with Gasteiger partial charge in [-0.2, -0.15) is 0 Å². The summed E-state index contributed by atoms with van der Waals surface area (Å²) in [6, 6.07) is 4.18. The van der Waals surface area contributed by atoms with Crippen molar-refractivity contribution in [2.75, 3.05) is 31.6 Å². The largest absolute Gasteiger partial charge is 0.370 e. The Kier molecular flexibility index (Phi) is 5.16. The van der Waals surface area contributed by atoms with Crippen molar-refractivity contribution < 1.29 is 4.79 Å². The molecular formula is C18H25N3OS. The molecule has 4 nitrogen and oxygen atoms in total. The van der Waals surface area contributed by atoms with Crippen LogP contribution in [-0.4, -0.2) is 42.5 Å². The topological polar surface area (TPSA) is 36.4 Å². The predicted octanol–water partition coefficient (Wildman–Crippen LogP) is 3.77. The normalized spacial score (nSPS) is 16.0. The molecule has 0 aliphatic carbocycles. The van der Waals surface area contributed by atoms with Crippen LogP contribution in [0.3, 0.4) is 0 Å². The predicted molar refractivity (Wildman–Crippen MR) is 97.1 cm³/mol. The number of aromatic nitrogens is 1. The van der Waals surface area contributed by atoms with Gasteiger partial charge in [0.1, 0.15) is 0 Å². The van der Waals surface area contributed by atoms with Crippen molar-refractivity contribution in [3.8, 4) is 0 Å². The molecule has 1 aliphatic rings. The average molecular weight is 331 g/mol. The zero-order valence-corrected chi connectivity index (χ0v) is 14.8. The number of carbonyl (C=O) groups is 1. The lowest BCUT2D eigenvalue weighted by Gasteiger charge is -2.34. The quantitative estimate of drug-likeness (QED) is 0.837. The summed E-state index contributed by atoms with van der Waals surface area (Å²) in [5.41, 5.74) is 2.35. The molecule has 0 spiro atoms. The van der Waals surface area contributed by atoms with Gasteiger partial charge in [0.25, 0.3) is 0 Å². The van der Waals surface area contributed by atoms with Crippen LogP contribution < -0.4 is 4.90 Å². The SMILES string of the molecule is CCCCN(C)C(=O)C1CCN(c2ccnc3ccsc23)CC1. The van der Waals surface area contributed by atoms with Gasteiger partial charge in [-0.05, 0) is 36.8 Å². The highest BCUT2D eigenvalue weighted by Gasteiger charge is 2.27. The van der Waals surface area contributed by atoms with Gasteiger partial charge in [-0.25, -0.2) is 0 Å². The summed E-state index contributed by atoms with van der Waals surface area (Å²) < 4.78 is 1.26. The minimum Gasteiger partial charge on any atom is -0.370 e. The van der Waals surface area contributed by atoms with Gasteiger partial charge in [0.15, 0.2) is 0 Å². The first kappa shape index (κ1) is 16.2. The summed E-state index contributed by atoms with van der Waals surface area (Å²) in [7, 11) is 1.95. The molecule has 0 N–H and O–H groups in total. The molecule has 5 heteroatoms. The molecule has 3 heterocycles. The lowest BCUT2D eigenvalue weighted by Crippen LogP contribution is -2.41. The van der Waals surface area contributed by atoms with Gasteiger partial charge < -0.3 is 9.80 Å². The fourth-order valence-corrected chi connectivity index (χ4v) is 4.19. The number of nitrogens with zero attached hydrogens (tertiary/aromatic N) is 3. The standard InChI is InChI=1S/C18H25N3OS/c1-3-4-10-20(2)18(22)14-6-11-21(12-7-14)16-5-9-19-15-8-13-23-17(15)16/h5,8-9,13-14H,3-4,6-7,10-12H2,1-2H3. The van der Waals surface area contributed by atoms with Gasteiger partial charge in [-0.3, -0.25) is 9.78 Å². The molecule has 0 aromatic carbocycles. The Hall–Kier alpha value is -1.62. The van der Waals surface area contributed by atoms with Crippen molar-refractivity contribution in [1.29, 1.82) is 0 Å². The van der Waals surface area contributed by atoms with Crippen LogP contribution >= 0.6 is 11.3 Å². The smallest absolute Gasteiger partial charge is 0.225 e. The van der Waals surface area contributed by atoms with E-state index in [1.807, 2.05) is 18.1 Å². The highest BCUT2D eigenvalue weighted by atomic mass is 32.1. The maximum Gasteiger partial charge on any atom is 0.225 e. The molecule has 3 rings (SSSR count). The molecule has 1 aliphatic heterocycles. The molecule has 1 fully saturated rings. The first-order chi connectivity index (χ1) is 11.2. The fourth-order valence-electron chi connectivity index (χ4n) is 3.29.